The first-order valence-corrected chi connectivity index (χ1v) is 10.0. The van der Waals surface area contributed by atoms with Gasteiger partial charge in [-0.25, -0.2) is 9.07 Å². The standard InChI is InChI=1S/C20H22FN7S/c1-24-20(26-13-16-4-3-11-29-16)25-10-2-5-18-17(12-22)19(23)28(27-18)15-8-6-14(21)7-9-15/h3-4,6-9,11H,2,5,10,13,23H2,1H3,(H2,24,25,26). The van der Waals surface area contributed by atoms with E-state index < -0.39 is 0 Å². The second-order valence-corrected chi connectivity index (χ2v) is 7.27. The van der Waals surface area contributed by atoms with E-state index in [-0.39, 0.29) is 11.6 Å². The van der Waals surface area contributed by atoms with Crippen LogP contribution in [0.2, 0.25) is 0 Å². The number of guanidine groups is 1. The van der Waals surface area contributed by atoms with E-state index in [1.807, 2.05) is 11.4 Å². The summed E-state index contributed by atoms with van der Waals surface area (Å²) in [6, 6.07) is 12.0. The Bertz CT molecular complexity index is 1000. The highest BCUT2D eigenvalue weighted by molar-refractivity contribution is 7.09. The molecule has 150 valence electrons. The van der Waals surface area contributed by atoms with Crippen molar-refractivity contribution in [3.05, 3.63) is 63.7 Å². The van der Waals surface area contributed by atoms with Gasteiger partial charge in [-0.05, 0) is 48.6 Å². The van der Waals surface area contributed by atoms with Gasteiger partial charge in [0.05, 0.1) is 17.9 Å². The molecule has 0 saturated carbocycles. The van der Waals surface area contributed by atoms with Crippen molar-refractivity contribution in [1.82, 2.24) is 20.4 Å². The summed E-state index contributed by atoms with van der Waals surface area (Å²) in [5.41, 5.74) is 7.68. The number of thiophene rings is 1. The lowest BCUT2D eigenvalue weighted by Gasteiger charge is -2.10. The van der Waals surface area contributed by atoms with E-state index in [4.69, 9.17) is 5.73 Å². The van der Waals surface area contributed by atoms with Crippen LogP contribution in [0, 0.1) is 17.1 Å². The Morgan fingerprint density at radius 1 is 1.31 bits per heavy atom. The molecule has 2 aromatic heterocycles. The third kappa shape index (κ3) is 5.12. The van der Waals surface area contributed by atoms with Crippen LogP contribution in [-0.2, 0) is 13.0 Å². The average Bonchev–Trinajstić information content (AvgIpc) is 3.36. The van der Waals surface area contributed by atoms with Gasteiger partial charge in [0.15, 0.2) is 5.96 Å². The molecule has 4 N–H and O–H groups in total. The normalized spacial score (nSPS) is 11.3. The van der Waals surface area contributed by atoms with Gasteiger partial charge < -0.3 is 16.4 Å². The highest BCUT2D eigenvalue weighted by atomic mass is 32.1. The zero-order valence-electron chi connectivity index (χ0n) is 16.0. The molecule has 0 spiro atoms. The number of aryl methyl sites for hydroxylation is 1. The van der Waals surface area contributed by atoms with Crippen LogP contribution in [0.3, 0.4) is 0 Å². The Labute approximate surface area is 172 Å². The van der Waals surface area contributed by atoms with E-state index in [0.717, 1.165) is 12.4 Å². The van der Waals surface area contributed by atoms with Crippen LogP contribution in [0.5, 0.6) is 0 Å². The van der Waals surface area contributed by atoms with Crippen LogP contribution in [-0.4, -0.2) is 29.3 Å². The molecule has 3 aromatic rings. The Balaban J connectivity index is 1.57. The van der Waals surface area contributed by atoms with Crippen LogP contribution in [0.4, 0.5) is 10.2 Å². The first-order valence-electron chi connectivity index (χ1n) is 9.12. The molecule has 0 aliphatic carbocycles. The lowest BCUT2D eigenvalue weighted by molar-refractivity contribution is 0.627. The molecule has 0 radical (unpaired) electrons. The molecule has 1 aromatic carbocycles. The summed E-state index contributed by atoms with van der Waals surface area (Å²) in [7, 11) is 1.72. The van der Waals surface area contributed by atoms with Crippen molar-refractivity contribution in [2.24, 2.45) is 4.99 Å². The first kappa shape index (κ1) is 20.4. The van der Waals surface area contributed by atoms with Gasteiger partial charge in [0.25, 0.3) is 0 Å². The molecule has 0 amide bonds. The largest absolute Gasteiger partial charge is 0.382 e. The average molecular weight is 412 g/mol. The number of anilines is 1. The maximum Gasteiger partial charge on any atom is 0.191 e. The molecule has 0 saturated heterocycles. The number of rotatable bonds is 7. The van der Waals surface area contributed by atoms with Crippen molar-refractivity contribution in [2.75, 3.05) is 19.3 Å². The van der Waals surface area contributed by atoms with Crippen molar-refractivity contribution >= 4 is 23.1 Å². The smallest absolute Gasteiger partial charge is 0.191 e. The number of nitriles is 1. The number of hydrogen-bond donors (Lipinski definition) is 3. The fourth-order valence-electron chi connectivity index (χ4n) is 2.82. The topological polar surface area (TPSA) is 104 Å². The Morgan fingerprint density at radius 2 is 2.10 bits per heavy atom. The van der Waals surface area contributed by atoms with Crippen LogP contribution < -0.4 is 16.4 Å². The van der Waals surface area contributed by atoms with Crippen LogP contribution in [0.25, 0.3) is 5.69 Å². The van der Waals surface area contributed by atoms with Crippen molar-refractivity contribution in [3.63, 3.8) is 0 Å². The minimum absolute atomic E-state index is 0.260. The maximum absolute atomic E-state index is 13.2. The minimum atomic E-state index is -0.340. The fourth-order valence-corrected chi connectivity index (χ4v) is 3.47. The summed E-state index contributed by atoms with van der Waals surface area (Å²) in [5.74, 6) is 0.637. The molecule has 0 unspecified atom stereocenters. The highest BCUT2D eigenvalue weighted by Crippen LogP contribution is 2.21. The Morgan fingerprint density at radius 3 is 2.76 bits per heavy atom. The minimum Gasteiger partial charge on any atom is -0.382 e. The van der Waals surface area contributed by atoms with Gasteiger partial charge in [-0.15, -0.1) is 11.3 Å². The summed E-state index contributed by atoms with van der Waals surface area (Å²) in [5, 5.41) is 22.5. The number of aromatic nitrogens is 2. The number of hydrogen-bond acceptors (Lipinski definition) is 5. The number of benzene rings is 1. The zero-order chi connectivity index (χ0) is 20.6. The van der Waals surface area contributed by atoms with E-state index in [9.17, 15) is 9.65 Å². The van der Waals surface area contributed by atoms with Gasteiger partial charge in [0.2, 0.25) is 0 Å². The molecule has 0 aliphatic heterocycles. The summed E-state index contributed by atoms with van der Waals surface area (Å²) < 4.78 is 14.6. The number of nitrogens with zero attached hydrogens (tertiary/aromatic N) is 4. The van der Waals surface area contributed by atoms with Crippen LogP contribution in [0.15, 0.2) is 46.8 Å². The van der Waals surface area contributed by atoms with E-state index in [1.165, 1.54) is 21.7 Å². The first-order chi connectivity index (χ1) is 14.1. The molecular weight excluding hydrogens is 389 g/mol. The molecule has 9 heteroatoms. The quantitative estimate of drug-likeness (QED) is 0.315. The predicted octanol–water partition coefficient (Wildman–Crippen LogP) is 2.82. The number of aliphatic imine (C=N–C) groups is 1. The number of halogens is 1. The lowest BCUT2D eigenvalue weighted by atomic mass is 10.1. The summed E-state index contributed by atoms with van der Waals surface area (Å²) in [6.45, 7) is 1.38. The molecule has 7 nitrogen and oxygen atoms in total. The molecule has 29 heavy (non-hydrogen) atoms. The van der Waals surface area contributed by atoms with Crippen molar-refractivity contribution in [3.8, 4) is 11.8 Å². The number of nitrogens with two attached hydrogens (primary N) is 1. The highest BCUT2D eigenvalue weighted by Gasteiger charge is 2.16. The number of nitrogens with one attached hydrogen (secondary N) is 2. The molecule has 0 atom stereocenters. The van der Waals surface area contributed by atoms with Gasteiger partial charge in [-0.2, -0.15) is 10.4 Å². The summed E-state index contributed by atoms with van der Waals surface area (Å²) in [6.07, 6.45) is 1.32. The summed E-state index contributed by atoms with van der Waals surface area (Å²) in [4.78, 5) is 5.44. The zero-order valence-corrected chi connectivity index (χ0v) is 16.8. The molecule has 2 heterocycles. The Kier molecular flexibility index (Phi) is 6.81. The van der Waals surface area contributed by atoms with Gasteiger partial charge in [-0.1, -0.05) is 6.07 Å². The van der Waals surface area contributed by atoms with E-state index in [0.29, 0.717) is 36.5 Å². The Hall–Kier alpha value is -3.38. The fraction of sp³-hybridized carbons (Fsp3) is 0.250. The lowest BCUT2D eigenvalue weighted by Crippen LogP contribution is -2.37. The second-order valence-electron chi connectivity index (χ2n) is 6.24. The van der Waals surface area contributed by atoms with Crippen LogP contribution in [0.1, 0.15) is 22.6 Å². The van der Waals surface area contributed by atoms with Crippen LogP contribution >= 0.6 is 11.3 Å². The third-order valence-corrected chi connectivity index (χ3v) is 5.17. The van der Waals surface area contributed by atoms with Gasteiger partial charge in [-0.3, -0.25) is 4.99 Å². The molecule has 0 aliphatic rings. The van der Waals surface area contributed by atoms with E-state index in [2.05, 4.69) is 32.9 Å². The van der Waals surface area contributed by atoms with E-state index in [1.54, 1.807) is 30.5 Å². The van der Waals surface area contributed by atoms with Crippen molar-refractivity contribution in [1.29, 1.82) is 5.26 Å². The monoisotopic (exact) mass is 411 g/mol. The molecule has 0 fully saturated rings. The van der Waals surface area contributed by atoms with Gasteiger partial charge in [0.1, 0.15) is 23.3 Å². The van der Waals surface area contributed by atoms with Crippen molar-refractivity contribution in [2.45, 2.75) is 19.4 Å². The van der Waals surface area contributed by atoms with Gasteiger partial charge in [0, 0.05) is 18.5 Å². The maximum atomic E-state index is 13.2. The predicted molar refractivity (Wildman–Crippen MR) is 113 cm³/mol. The van der Waals surface area contributed by atoms with Gasteiger partial charge >= 0.3 is 0 Å². The number of nitrogen functional groups attached to an aromatic ring is 1. The SMILES string of the molecule is CN=C(NCCCc1nn(-c2ccc(F)cc2)c(N)c1C#N)NCc1cccs1. The molecular formula is C20H22FN7S. The third-order valence-electron chi connectivity index (χ3n) is 4.29. The molecule has 0 bridgehead atoms. The summed E-state index contributed by atoms with van der Waals surface area (Å²) >= 11 is 1.69. The van der Waals surface area contributed by atoms with E-state index >= 15 is 0 Å². The second kappa shape index (κ2) is 9.71. The molecule has 3 rings (SSSR count). The van der Waals surface area contributed by atoms with Crippen molar-refractivity contribution < 1.29 is 4.39 Å².